The second kappa shape index (κ2) is 5.55. The SMILES string of the molecule is COc1ccc(OC)c2c1C(=O)c1ccc3c(c1C2=O)C(=O)CCC3. The number of ether oxygens (including phenoxy) is 2. The number of carbonyl (C=O) groups excluding carboxylic acids is 3. The van der Waals surface area contributed by atoms with Crippen LogP contribution in [0.1, 0.15) is 60.6 Å². The summed E-state index contributed by atoms with van der Waals surface area (Å²) < 4.78 is 10.6. The molecule has 2 aliphatic carbocycles. The summed E-state index contributed by atoms with van der Waals surface area (Å²) >= 11 is 0. The van der Waals surface area contributed by atoms with Crippen molar-refractivity contribution in [2.45, 2.75) is 19.3 Å². The van der Waals surface area contributed by atoms with Crippen molar-refractivity contribution in [2.24, 2.45) is 0 Å². The first kappa shape index (κ1) is 15.6. The van der Waals surface area contributed by atoms with Gasteiger partial charge in [-0.3, -0.25) is 14.4 Å². The molecule has 0 spiro atoms. The average molecular weight is 336 g/mol. The number of Topliss-reactive ketones (excluding diaryl/α,β-unsaturated/α-hetero) is 1. The summed E-state index contributed by atoms with van der Waals surface area (Å²) in [6.45, 7) is 0. The largest absolute Gasteiger partial charge is 0.496 e. The lowest BCUT2D eigenvalue weighted by Gasteiger charge is -2.26. The molecule has 0 radical (unpaired) electrons. The molecule has 0 aromatic heterocycles. The van der Waals surface area contributed by atoms with Crippen LogP contribution in [0.5, 0.6) is 11.5 Å². The average Bonchev–Trinajstić information content (AvgIpc) is 2.64. The quantitative estimate of drug-likeness (QED) is 0.719. The number of hydrogen-bond donors (Lipinski definition) is 0. The molecule has 2 aromatic carbocycles. The fourth-order valence-electron chi connectivity index (χ4n) is 3.78. The Bertz CT molecular complexity index is 955. The highest BCUT2D eigenvalue weighted by Crippen LogP contribution is 2.41. The molecule has 2 aliphatic rings. The lowest BCUT2D eigenvalue weighted by Crippen LogP contribution is -2.27. The van der Waals surface area contributed by atoms with Gasteiger partial charge in [-0.15, -0.1) is 0 Å². The number of benzene rings is 2. The van der Waals surface area contributed by atoms with Crippen molar-refractivity contribution >= 4 is 17.3 Å². The Morgan fingerprint density at radius 1 is 0.720 bits per heavy atom. The molecule has 126 valence electrons. The van der Waals surface area contributed by atoms with Crippen molar-refractivity contribution in [3.8, 4) is 11.5 Å². The van der Waals surface area contributed by atoms with Crippen molar-refractivity contribution in [3.05, 3.63) is 57.6 Å². The van der Waals surface area contributed by atoms with E-state index in [1.54, 1.807) is 24.3 Å². The molecule has 4 rings (SSSR count). The minimum Gasteiger partial charge on any atom is -0.496 e. The third kappa shape index (κ3) is 2.05. The van der Waals surface area contributed by atoms with Crippen molar-refractivity contribution in [3.63, 3.8) is 0 Å². The van der Waals surface area contributed by atoms with Crippen LogP contribution >= 0.6 is 0 Å². The van der Waals surface area contributed by atoms with Gasteiger partial charge in [0.1, 0.15) is 11.5 Å². The lowest BCUT2D eigenvalue weighted by molar-refractivity contribution is 0.0947. The number of rotatable bonds is 2. The Hall–Kier alpha value is -2.95. The molecule has 0 heterocycles. The van der Waals surface area contributed by atoms with E-state index < -0.39 is 0 Å². The highest BCUT2D eigenvalue weighted by atomic mass is 16.5. The molecular formula is C20H16O5. The van der Waals surface area contributed by atoms with Crippen LogP contribution in [0.25, 0.3) is 0 Å². The summed E-state index contributed by atoms with van der Waals surface area (Å²) in [5, 5.41) is 0. The van der Waals surface area contributed by atoms with Crippen LogP contribution < -0.4 is 9.47 Å². The monoisotopic (exact) mass is 336 g/mol. The van der Waals surface area contributed by atoms with E-state index in [2.05, 4.69) is 0 Å². The number of aryl methyl sites for hydroxylation is 1. The fraction of sp³-hybridized carbons (Fsp3) is 0.250. The normalized spacial score (nSPS) is 15.4. The van der Waals surface area contributed by atoms with Gasteiger partial charge < -0.3 is 9.47 Å². The fourth-order valence-corrected chi connectivity index (χ4v) is 3.78. The van der Waals surface area contributed by atoms with Gasteiger partial charge in [0.2, 0.25) is 0 Å². The van der Waals surface area contributed by atoms with Crippen LogP contribution in [-0.4, -0.2) is 31.6 Å². The minimum atomic E-state index is -0.354. The molecule has 0 atom stereocenters. The van der Waals surface area contributed by atoms with Crippen LogP contribution in [0, 0.1) is 0 Å². The minimum absolute atomic E-state index is 0.0791. The molecule has 0 aliphatic heterocycles. The summed E-state index contributed by atoms with van der Waals surface area (Å²) in [5.74, 6) is -0.122. The van der Waals surface area contributed by atoms with Gasteiger partial charge in [-0.05, 0) is 36.6 Å². The Labute approximate surface area is 144 Å². The molecule has 0 saturated carbocycles. The highest BCUT2D eigenvalue weighted by molar-refractivity contribution is 6.32. The topological polar surface area (TPSA) is 69.7 Å². The molecule has 0 unspecified atom stereocenters. The molecule has 0 fully saturated rings. The Balaban J connectivity index is 2.07. The van der Waals surface area contributed by atoms with E-state index in [1.165, 1.54) is 14.2 Å². The van der Waals surface area contributed by atoms with Crippen LogP contribution in [0.3, 0.4) is 0 Å². The van der Waals surface area contributed by atoms with Gasteiger partial charge in [-0.1, -0.05) is 6.07 Å². The Morgan fingerprint density at radius 2 is 1.36 bits per heavy atom. The number of carbonyl (C=O) groups is 3. The molecule has 5 nitrogen and oxygen atoms in total. The number of hydrogen-bond acceptors (Lipinski definition) is 5. The zero-order valence-electron chi connectivity index (χ0n) is 14.0. The van der Waals surface area contributed by atoms with Crippen LogP contribution in [-0.2, 0) is 6.42 Å². The second-order valence-corrected chi connectivity index (χ2v) is 6.18. The maximum Gasteiger partial charge on any atom is 0.199 e. The summed E-state index contributed by atoms with van der Waals surface area (Å²) in [7, 11) is 2.90. The second-order valence-electron chi connectivity index (χ2n) is 6.18. The van der Waals surface area contributed by atoms with E-state index in [-0.39, 0.29) is 39.6 Å². The van der Waals surface area contributed by atoms with Crippen LogP contribution in [0.2, 0.25) is 0 Å². The number of methoxy groups -OCH3 is 2. The van der Waals surface area contributed by atoms with Crippen molar-refractivity contribution in [2.75, 3.05) is 14.2 Å². The summed E-state index contributed by atoms with van der Waals surface area (Å²) in [6.07, 6.45) is 1.89. The van der Waals surface area contributed by atoms with Gasteiger partial charge >= 0.3 is 0 Å². The van der Waals surface area contributed by atoms with Gasteiger partial charge in [-0.25, -0.2) is 0 Å². The van der Waals surface area contributed by atoms with Crippen LogP contribution in [0.15, 0.2) is 24.3 Å². The molecule has 0 saturated heterocycles. The smallest absolute Gasteiger partial charge is 0.199 e. The van der Waals surface area contributed by atoms with Crippen molar-refractivity contribution in [1.82, 2.24) is 0 Å². The third-order valence-electron chi connectivity index (χ3n) is 4.91. The first-order valence-electron chi connectivity index (χ1n) is 8.12. The lowest BCUT2D eigenvalue weighted by atomic mass is 9.76. The number of fused-ring (bicyclic) bond motifs is 4. The molecule has 0 amide bonds. The van der Waals surface area contributed by atoms with Gasteiger partial charge in [-0.2, -0.15) is 0 Å². The van der Waals surface area contributed by atoms with Gasteiger partial charge in [0.05, 0.1) is 25.3 Å². The molecular weight excluding hydrogens is 320 g/mol. The van der Waals surface area contributed by atoms with Crippen LogP contribution in [0.4, 0.5) is 0 Å². The Kier molecular flexibility index (Phi) is 3.46. The maximum absolute atomic E-state index is 13.3. The molecule has 5 heteroatoms. The van der Waals surface area contributed by atoms with E-state index in [4.69, 9.17) is 9.47 Å². The molecule has 0 N–H and O–H groups in total. The number of ketones is 3. The standard InChI is InChI=1S/C20H16O5/c1-24-13-8-9-14(25-2)18-17(13)19(22)11-7-6-10-4-3-5-12(21)15(10)16(11)20(18)23/h6-9H,3-5H2,1-2H3. The maximum atomic E-state index is 13.3. The predicted octanol–water partition coefficient (Wildman–Crippen LogP) is 3.00. The van der Waals surface area contributed by atoms with E-state index in [9.17, 15) is 14.4 Å². The van der Waals surface area contributed by atoms with Gasteiger partial charge in [0, 0.05) is 23.1 Å². The van der Waals surface area contributed by atoms with Gasteiger partial charge in [0.25, 0.3) is 0 Å². The summed E-state index contributed by atoms with van der Waals surface area (Å²) in [4.78, 5) is 38.9. The molecule has 2 aromatic rings. The third-order valence-corrected chi connectivity index (χ3v) is 4.91. The summed E-state index contributed by atoms with van der Waals surface area (Å²) in [5.41, 5.74) is 2.08. The summed E-state index contributed by atoms with van der Waals surface area (Å²) in [6, 6.07) is 6.64. The predicted molar refractivity (Wildman–Crippen MR) is 90.1 cm³/mol. The zero-order valence-corrected chi connectivity index (χ0v) is 14.0. The van der Waals surface area contributed by atoms with Crippen molar-refractivity contribution < 1.29 is 23.9 Å². The van der Waals surface area contributed by atoms with E-state index in [0.29, 0.717) is 23.5 Å². The van der Waals surface area contributed by atoms with E-state index in [1.807, 2.05) is 0 Å². The Morgan fingerprint density at radius 3 is 2.00 bits per heavy atom. The zero-order chi connectivity index (χ0) is 17.7. The first-order chi connectivity index (χ1) is 12.1. The van der Waals surface area contributed by atoms with E-state index in [0.717, 1.165) is 18.4 Å². The van der Waals surface area contributed by atoms with E-state index >= 15 is 0 Å². The first-order valence-corrected chi connectivity index (χ1v) is 8.12. The van der Waals surface area contributed by atoms with Crippen molar-refractivity contribution in [1.29, 1.82) is 0 Å². The van der Waals surface area contributed by atoms with Gasteiger partial charge in [0.15, 0.2) is 17.3 Å². The highest BCUT2D eigenvalue weighted by Gasteiger charge is 2.39. The molecule has 0 bridgehead atoms. The molecule has 25 heavy (non-hydrogen) atoms.